The van der Waals surface area contributed by atoms with Gasteiger partial charge in [0.25, 0.3) is 0 Å². The van der Waals surface area contributed by atoms with Crippen LogP contribution in [-0.4, -0.2) is 44.7 Å². The number of nitrogens with zero attached hydrogens (tertiary/aromatic N) is 4. The quantitative estimate of drug-likeness (QED) is 0.292. The lowest BCUT2D eigenvalue weighted by Crippen LogP contribution is -2.24. The summed E-state index contributed by atoms with van der Waals surface area (Å²) in [5.74, 6) is -0.793. The highest BCUT2D eigenvalue weighted by molar-refractivity contribution is 6.33. The van der Waals surface area contributed by atoms with Crippen LogP contribution in [0.4, 0.5) is 5.95 Å². The normalized spacial score (nSPS) is 18.8. The molecule has 2 N–H and O–H groups in total. The molecule has 1 aliphatic rings. The van der Waals surface area contributed by atoms with Crippen LogP contribution in [0, 0.1) is 11.3 Å². The number of halogens is 1. The number of nitrogens with two attached hydrogens (primary N) is 1. The second-order valence-electron chi connectivity index (χ2n) is 8.59. The average molecular weight is 492 g/mol. The van der Waals surface area contributed by atoms with Gasteiger partial charge in [-0.1, -0.05) is 48.0 Å². The molecule has 2 atom stereocenters. The second kappa shape index (κ2) is 9.34. The van der Waals surface area contributed by atoms with Gasteiger partial charge in [0.15, 0.2) is 10.8 Å². The topological polar surface area (TPSA) is 122 Å². The SMILES string of the molecule is Nc1nc(Cl)c2ncn(C[C@@]3(COC(=O)c4ccccc4)C[C@@H]3COC(=O)c3ccccc3)c2n1. The minimum absolute atomic E-state index is 0.0224. The molecule has 178 valence electrons. The molecular weight excluding hydrogens is 470 g/mol. The molecule has 2 aromatic heterocycles. The molecule has 5 rings (SSSR count). The molecule has 0 saturated heterocycles. The van der Waals surface area contributed by atoms with E-state index < -0.39 is 17.4 Å². The Balaban J connectivity index is 1.34. The standard InChI is InChI=1S/C25H22ClN5O4/c26-20-19-21(30-24(27)29-20)31(15-28-19)13-25(14-35-23(33)17-9-5-2-6-10-17)11-18(25)12-34-22(32)16-7-3-1-4-8-16/h1-10,15,18H,11-14H2,(H2,27,29,30)/t18-,25-/m1/s1. The number of hydrogen-bond acceptors (Lipinski definition) is 8. The fourth-order valence-corrected chi connectivity index (χ4v) is 4.38. The molecular formula is C25H22ClN5O4. The Morgan fingerprint density at radius 3 is 2.29 bits per heavy atom. The molecule has 2 aromatic carbocycles. The number of carbonyl (C=O) groups excluding carboxylic acids is 2. The van der Waals surface area contributed by atoms with Gasteiger partial charge in [-0.15, -0.1) is 0 Å². The molecule has 2 heterocycles. The van der Waals surface area contributed by atoms with Gasteiger partial charge in [0.1, 0.15) is 5.52 Å². The van der Waals surface area contributed by atoms with Crippen molar-refractivity contribution in [2.75, 3.05) is 18.9 Å². The minimum atomic E-state index is -0.471. The Kier molecular flexibility index (Phi) is 6.08. The molecule has 10 heteroatoms. The summed E-state index contributed by atoms with van der Waals surface area (Å²) >= 11 is 6.17. The fourth-order valence-electron chi connectivity index (χ4n) is 4.16. The Bertz CT molecular complexity index is 1380. The molecule has 1 aliphatic carbocycles. The summed E-state index contributed by atoms with van der Waals surface area (Å²) in [5, 5.41) is 0.167. The predicted octanol–water partition coefficient (Wildman–Crippen LogP) is 3.78. The highest BCUT2D eigenvalue weighted by Crippen LogP contribution is 2.54. The number of anilines is 1. The molecule has 1 saturated carbocycles. The van der Waals surface area contributed by atoms with Crippen LogP contribution in [0.25, 0.3) is 11.2 Å². The van der Waals surface area contributed by atoms with Gasteiger partial charge < -0.3 is 19.8 Å². The Labute approximate surface area is 205 Å². The van der Waals surface area contributed by atoms with E-state index in [4.69, 9.17) is 26.8 Å². The van der Waals surface area contributed by atoms with Gasteiger partial charge in [0.2, 0.25) is 5.95 Å². The van der Waals surface area contributed by atoms with Crippen LogP contribution in [0.5, 0.6) is 0 Å². The summed E-state index contributed by atoms with van der Waals surface area (Å²) in [6.45, 7) is 0.759. The van der Waals surface area contributed by atoms with E-state index in [2.05, 4.69) is 15.0 Å². The molecule has 0 amide bonds. The Morgan fingerprint density at radius 2 is 1.63 bits per heavy atom. The molecule has 9 nitrogen and oxygen atoms in total. The zero-order chi connectivity index (χ0) is 24.4. The highest BCUT2D eigenvalue weighted by atomic mass is 35.5. The number of aromatic nitrogens is 4. The van der Waals surface area contributed by atoms with Crippen molar-refractivity contribution in [2.24, 2.45) is 11.3 Å². The summed E-state index contributed by atoms with van der Waals surface area (Å²) in [7, 11) is 0. The van der Waals surface area contributed by atoms with E-state index in [1.54, 1.807) is 54.9 Å². The number of carbonyl (C=O) groups is 2. The largest absolute Gasteiger partial charge is 0.462 e. The first-order chi connectivity index (χ1) is 16.9. The van der Waals surface area contributed by atoms with Crippen molar-refractivity contribution in [2.45, 2.75) is 13.0 Å². The van der Waals surface area contributed by atoms with Crippen LogP contribution in [0.3, 0.4) is 0 Å². The first kappa shape index (κ1) is 22.8. The highest BCUT2D eigenvalue weighted by Gasteiger charge is 2.56. The number of imidazole rings is 1. The maximum Gasteiger partial charge on any atom is 0.338 e. The third kappa shape index (κ3) is 4.81. The average Bonchev–Trinajstić information content (AvgIpc) is 3.41. The van der Waals surface area contributed by atoms with Gasteiger partial charge in [-0.2, -0.15) is 9.97 Å². The van der Waals surface area contributed by atoms with Gasteiger partial charge in [0.05, 0.1) is 30.7 Å². The van der Waals surface area contributed by atoms with E-state index >= 15 is 0 Å². The molecule has 4 aromatic rings. The van der Waals surface area contributed by atoms with Crippen molar-refractivity contribution < 1.29 is 19.1 Å². The van der Waals surface area contributed by atoms with Crippen molar-refractivity contribution in [3.8, 4) is 0 Å². The molecule has 0 aliphatic heterocycles. The van der Waals surface area contributed by atoms with Crippen molar-refractivity contribution >= 4 is 40.7 Å². The van der Waals surface area contributed by atoms with E-state index in [1.807, 2.05) is 16.7 Å². The lowest BCUT2D eigenvalue weighted by molar-refractivity contribution is 0.0317. The van der Waals surface area contributed by atoms with Crippen LogP contribution >= 0.6 is 11.6 Å². The number of nitrogen functional groups attached to an aromatic ring is 1. The third-order valence-electron chi connectivity index (χ3n) is 6.21. The zero-order valence-electron chi connectivity index (χ0n) is 18.6. The van der Waals surface area contributed by atoms with E-state index in [0.29, 0.717) is 35.3 Å². The molecule has 35 heavy (non-hydrogen) atoms. The third-order valence-corrected chi connectivity index (χ3v) is 6.47. The number of hydrogen-bond donors (Lipinski definition) is 1. The van der Waals surface area contributed by atoms with Crippen molar-refractivity contribution in [1.29, 1.82) is 0 Å². The molecule has 0 radical (unpaired) electrons. The Morgan fingerprint density at radius 1 is 1.00 bits per heavy atom. The van der Waals surface area contributed by atoms with Crippen LogP contribution in [0.15, 0.2) is 67.0 Å². The maximum atomic E-state index is 12.6. The fraction of sp³-hybridized carbons (Fsp3) is 0.240. The summed E-state index contributed by atoms with van der Waals surface area (Å²) in [6, 6.07) is 17.6. The summed E-state index contributed by atoms with van der Waals surface area (Å²) in [5.41, 5.74) is 7.19. The van der Waals surface area contributed by atoms with Gasteiger partial charge in [0, 0.05) is 17.9 Å². The first-order valence-corrected chi connectivity index (χ1v) is 11.4. The van der Waals surface area contributed by atoms with Gasteiger partial charge >= 0.3 is 11.9 Å². The van der Waals surface area contributed by atoms with Gasteiger partial charge in [-0.05, 0) is 30.7 Å². The number of ether oxygens (including phenoxy) is 2. The summed E-state index contributed by atoms with van der Waals surface area (Å²) in [4.78, 5) is 37.6. The molecule has 1 fully saturated rings. The van der Waals surface area contributed by atoms with Crippen LogP contribution < -0.4 is 5.73 Å². The first-order valence-electron chi connectivity index (χ1n) is 11.0. The van der Waals surface area contributed by atoms with Gasteiger partial charge in [-0.3, -0.25) is 0 Å². The Hall–Kier alpha value is -3.98. The predicted molar refractivity (Wildman–Crippen MR) is 129 cm³/mol. The van der Waals surface area contributed by atoms with E-state index in [-0.39, 0.29) is 30.2 Å². The molecule has 0 bridgehead atoms. The lowest BCUT2D eigenvalue weighted by atomic mass is 10.1. The smallest absolute Gasteiger partial charge is 0.338 e. The number of benzene rings is 2. The maximum absolute atomic E-state index is 12.6. The van der Waals surface area contributed by atoms with Crippen molar-refractivity contribution in [3.63, 3.8) is 0 Å². The van der Waals surface area contributed by atoms with Gasteiger partial charge in [-0.25, -0.2) is 14.6 Å². The van der Waals surface area contributed by atoms with E-state index in [0.717, 1.165) is 0 Å². The van der Waals surface area contributed by atoms with E-state index in [9.17, 15) is 9.59 Å². The summed E-state index contributed by atoms with van der Waals surface area (Å²) in [6.07, 6.45) is 2.29. The van der Waals surface area contributed by atoms with Crippen LogP contribution in [-0.2, 0) is 16.0 Å². The number of esters is 2. The number of fused-ring (bicyclic) bond motifs is 1. The second-order valence-corrected chi connectivity index (χ2v) is 8.95. The summed E-state index contributed by atoms with van der Waals surface area (Å²) < 4.78 is 13.1. The zero-order valence-corrected chi connectivity index (χ0v) is 19.4. The van der Waals surface area contributed by atoms with Crippen LogP contribution in [0.1, 0.15) is 27.1 Å². The van der Waals surface area contributed by atoms with E-state index in [1.165, 1.54) is 0 Å². The van der Waals surface area contributed by atoms with Crippen LogP contribution in [0.2, 0.25) is 5.15 Å². The molecule has 0 unspecified atom stereocenters. The minimum Gasteiger partial charge on any atom is -0.462 e. The van der Waals surface area contributed by atoms with Crippen molar-refractivity contribution in [1.82, 2.24) is 19.5 Å². The monoisotopic (exact) mass is 491 g/mol. The lowest BCUT2D eigenvalue weighted by Gasteiger charge is -2.19. The van der Waals surface area contributed by atoms with Crippen molar-refractivity contribution in [3.05, 3.63) is 83.3 Å². The number of rotatable bonds is 8. The molecule has 0 spiro atoms.